The molecule has 23 heavy (non-hydrogen) atoms. The SMILES string of the molecule is COc1ccc(-c2nc3ccc(/C(C)=N\O)cc3[nH]2)c(OC)c1. The van der Waals surface area contributed by atoms with E-state index in [0.717, 1.165) is 27.9 Å². The number of fused-ring (bicyclic) bond motifs is 1. The van der Waals surface area contributed by atoms with E-state index >= 15 is 0 Å². The predicted octanol–water partition coefficient (Wildman–Crippen LogP) is 3.45. The first-order valence-electron chi connectivity index (χ1n) is 7.07. The minimum atomic E-state index is 0.546. The fourth-order valence-corrected chi connectivity index (χ4v) is 2.41. The molecule has 3 aromatic rings. The van der Waals surface area contributed by atoms with Crippen molar-refractivity contribution in [3.63, 3.8) is 0 Å². The second-order valence-electron chi connectivity index (χ2n) is 5.07. The van der Waals surface area contributed by atoms with Crippen molar-refractivity contribution in [1.29, 1.82) is 0 Å². The van der Waals surface area contributed by atoms with Crippen LogP contribution in [0.2, 0.25) is 0 Å². The van der Waals surface area contributed by atoms with Crippen LogP contribution in [0.15, 0.2) is 41.6 Å². The number of H-pyrrole nitrogens is 1. The van der Waals surface area contributed by atoms with E-state index in [-0.39, 0.29) is 0 Å². The fourth-order valence-electron chi connectivity index (χ4n) is 2.41. The summed E-state index contributed by atoms with van der Waals surface area (Å²) in [5.74, 6) is 2.10. The van der Waals surface area contributed by atoms with Crippen LogP contribution in [-0.4, -0.2) is 35.1 Å². The van der Waals surface area contributed by atoms with Crippen LogP contribution in [0.5, 0.6) is 11.5 Å². The van der Waals surface area contributed by atoms with Crippen LogP contribution in [0.25, 0.3) is 22.4 Å². The molecule has 0 spiro atoms. The predicted molar refractivity (Wildman–Crippen MR) is 88.6 cm³/mol. The second kappa shape index (κ2) is 6.00. The van der Waals surface area contributed by atoms with Crippen molar-refractivity contribution in [2.75, 3.05) is 14.2 Å². The van der Waals surface area contributed by atoms with Crippen LogP contribution in [-0.2, 0) is 0 Å². The van der Waals surface area contributed by atoms with Crippen LogP contribution in [0.1, 0.15) is 12.5 Å². The number of ether oxygens (including phenoxy) is 2. The van der Waals surface area contributed by atoms with E-state index in [1.807, 2.05) is 36.4 Å². The zero-order valence-electron chi connectivity index (χ0n) is 13.1. The largest absolute Gasteiger partial charge is 0.497 e. The third kappa shape index (κ3) is 2.70. The molecule has 0 aliphatic rings. The number of rotatable bonds is 4. The highest BCUT2D eigenvalue weighted by molar-refractivity contribution is 6.01. The van der Waals surface area contributed by atoms with Gasteiger partial charge in [0.05, 0.1) is 36.5 Å². The van der Waals surface area contributed by atoms with Gasteiger partial charge in [-0.25, -0.2) is 4.98 Å². The molecule has 2 N–H and O–H groups in total. The van der Waals surface area contributed by atoms with Gasteiger partial charge in [-0.15, -0.1) is 0 Å². The topological polar surface area (TPSA) is 79.7 Å². The molecule has 1 heterocycles. The van der Waals surface area contributed by atoms with Gasteiger partial charge in [0.25, 0.3) is 0 Å². The summed E-state index contributed by atoms with van der Waals surface area (Å²) in [5, 5.41) is 12.1. The molecule has 0 amide bonds. The second-order valence-corrected chi connectivity index (χ2v) is 5.07. The highest BCUT2D eigenvalue weighted by Gasteiger charge is 2.12. The Labute approximate surface area is 133 Å². The first-order valence-corrected chi connectivity index (χ1v) is 7.07. The summed E-state index contributed by atoms with van der Waals surface area (Å²) in [6.07, 6.45) is 0. The fraction of sp³-hybridized carbons (Fsp3) is 0.176. The maximum absolute atomic E-state index is 8.89. The Bertz CT molecular complexity index is 884. The Balaban J connectivity index is 2.10. The Kier molecular flexibility index (Phi) is 3.89. The number of imidazole rings is 1. The third-order valence-corrected chi connectivity index (χ3v) is 3.71. The lowest BCUT2D eigenvalue weighted by molar-refractivity contribution is 0.319. The first-order chi connectivity index (χ1) is 11.2. The maximum Gasteiger partial charge on any atom is 0.142 e. The molecule has 118 valence electrons. The van der Waals surface area contributed by atoms with Crippen molar-refractivity contribution in [3.05, 3.63) is 42.0 Å². The quantitative estimate of drug-likeness (QED) is 0.439. The third-order valence-electron chi connectivity index (χ3n) is 3.71. The van der Waals surface area contributed by atoms with E-state index in [9.17, 15) is 0 Å². The zero-order valence-corrected chi connectivity index (χ0v) is 13.1. The molecule has 0 aliphatic heterocycles. The molecule has 6 nitrogen and oxygen atoms in total. The lowest BCUT2D eigenvalue weighted by Gasteiger charge is -2.08. The summed E-state index contributed by atoms with van der Waals surface area (Å²) in [6, 6.07) is 11.2. The van der Waals surface area contributed by atoms with Gasteiger partial charge in [0.1, 0.15) is 17.3 Å². The number of hydrogen-bond acceptors (Lipinski definition) is 5. The van der Waals surface area contributed by atoms with E-state index in [4.69, 9.17) is 14.7 Å². The summed E-state index contributed by atoms with van der Waals surface area (Å²) in [5.41, 5.74) is 3.91. The van der Waals surface area contributed by atoms with E-state index < -0.39 is 0 Å². The summed E-state index contributed by atoms with van der Waals surface area (Å²) in [6.45, 7) is 1.74. The summed E-state index contributed by atoms with van der Waals surface area (Å²) >= 11 is 0. The van der Waals surface area contributed by atoms with Crippen molar-refractivity contribution in [1.82, 2.24) is 9.97 Å². The lowest BCUT2D eigenvalue weighted by Crippen LogP contribution is -1.93. The molecule has 0 unspecified atom stereocenters. The van der Waals surface area contributed by atoms with E-state index in [1.165, 1.54) is 0 Å². The van der Waals surface area contributed by atoms with Crippen LogP contribution in [0.4, 0.5) is 0 Å². The zero-order chi connectivity index (χ0) is 16.4. The molecule has 0 fully saturated rings. The summed E-state index contributed by atoms with van der Waals surface area (Å²) in [7, 11) is 3.22. The maximum atomic E-state index is 8.89. The van der Waals surface area contributed by atoms with Gasteiger partial charge in [-0.3, -0.25) is 0 Å². The van der Waals surface area contributed by atoms with Crippen molar-refractivity contribution in [2.24, 2.45) is 5.16 Å². The lowest BCUT2D eigenvalue weighted by atomic mass is 10.1. The summed E-state index contributed by atoms with van der Waals surface area (Å²) < 4.78 is 10.6. The molecule has 0 radical (unpaired) electrons. The number of nitrogens with zero attached hydrogens (tertiary/aromatic N) is 2. The molecule has 0 atom stereocenters. The molecule has 0 aliphatic carbocycles. The van der Waals surface area contributed by atoms with Gasteiger partial charge in [0, 0.05) is 11.6 Å². The molecular weight excluding hydrogens is 294 g/mol. The summed E-state index contributed by atoms with van der Waals surface area (Å²) in [4.78, 5) is 7.87. The minimum absolute atomic E-state index is 0.546. The Morgan fingerprint density at radius 2 is 1.96 bits per heavy atom. The smallest absolute Gasteiger partial charge is 0.142 e. The molecule has 0 saturated carbocycles. The number of benzene rings is 2. The molecule has 2 aromatic carbocycles. The molecule has 3 rings (SSSR count). The number of aromatic amines is 1. The standard InChI is InChI=1S/C17H17N3O3/c1-10(20-21)11-4-7-14-15(8-11)19-17(18-14)13-6-5-12(22-2)9-16(13)23-3/h4-9,21H,1-3H3,(H,18,19)/b20-10-. The minimum Gasteiger partial charge on any atom is -0.497 e. The van der Waals surface area contributed by atoms with Gasteiger partial charge >= 0.3 is 0 Å². The van der Waals surface area contributed by atoms with Gasteiger partial charge in [0.2, 0.25) is 0 Å². The Morgan fingerprint density at radius 1 is 1.13 bits per heavy atom. The molecule has 1 aromatic heterocycles. The number of oxime groups is 1. The average molecular weight is 311 g/mol. The van der Waals surface area contributed by atoms with E-state index in [0.29, 0.717) is 17.3 Å². The number of aromatic nitrogens is 2. The molecular formula is C17H17N3O3. The van der Waals surface area contributed by atoms with Crippen molar-refractivity contribution < 1.29 is 14.7 Å². The normalized spacial score (nSPS) is 11.7. The van der Waals surface area contributed by atoms with Gasteiger partial charge in [-0.2, -0.15) is 0 Å². The van der Waals surface area contributed by atoms with Crippen LogP contribution < -0.4 is 9.47 Å². The number of hydrogen-bond donors (Lipinski definition) is 2. The van der Waals surface area contributed by atoms with E-state index in [1.54, 1.807) is 21.1 Å². The van der Waals surface area contributed by atoms with E-state index in [2.05, 4.69) is 15.1 Å². The highest BCUT2D eigenvalue weighted by atomic mass is 16.5. The van der Waals surface area contributed by atoms with Gasteiger partial charge in [-0.1, -0.05) is 11.2 Å². The Hall–Kier alpha value is -3.02. The van der Waals surface area contributed by atoms with Gasteiger partial charge < -0.3 is 19.7 Å². The average Bonchev–Trinajstić information content (AvgIpc) is 3.03. The Morgan fingerprint density at radius 3 is 2.65 bits per heavy atom. The van der Waals surface area contributed by atoms with Crippen molar-refractivity contribution in [2.45, 2.75) is 6.92 Å². The monoisotopic (exact) mass is 311 g/mol. The van der Waals surface area contributed by atoms with Gasteiger partial charge in [0.15, 0.2) is 0 Å². The first kappa shape index (κ1) is 14.9. The molecule has 0 bridgehead atoms. The van der Waals surface area contributed by atoms with Gasteiger partial charge in [-0.05, 0) is 31.2 Å². The van der Waals surface area contributed by atoms with Crippen LogP contribution >= 0.6 is 0 Å². The van der Waals surface area contributed by atoms with Crippen LogP contribution in [0.3, 0.4) is 0 Å². The van der Waals surface area contributed by atoms with Crippen molar-refractivity contribution in [3.8, 4) is 22.9 Å². The number of nitrogens with one attached hydrogen (secondary N) is 1. The van der Waals surface area contributed by atoms with Crippen molar-refractivity contribution >= 4 is 16.7 Å². The number of methoxy groups -OCH3 is 2. The molecule has 6 heteroatoms. The highest BCUT2D eigenvalue weighted by Crippen LogP contribution is 2.32. The van der Waals surface area contributed by atoms with Crippen LogP contribution in [0, 0.1) is 0 Å². The molecule has 0 saturated heterocycles.